The van der Waals surface area contributed by atoms with E-state index >= 15 is 0 Å². The van der Waals surface area contributed by atoms with Crippen LogP contribution >= 0.6 is 11.3 Å². The number of aliphatic hydroxyl groups is 1. The second kappa shape index (κ2) is 9.01. The topological polar surface area (TPSA) is 81.6 Å². The number of benzene rings is 1. The Balaban J connectivity index is 1.47. The van der Waals surface area contributed by atoms with Crippen molar-refractivity contribution in [2.75, 3.05) is 25.0 Å². The first-order chi connectivity index (χ1) is 12.2. The van der Waals surface area contributed by atoms with E-state index in [9.17, 15) is 5.11 Å². The van der Waals surface area contributed by atoms with E-state index in [-0.39, 0.29) is 6.10 Å². The molecule has 1 aliphatic rings. The van der Waals surface area contributed by atoms with Gasteiger partial charge in [-0.2, -0.15) is 0 Å². The van der Waals surface area contributed by atoms with Gasteiger partial charge >= 0.3 is 0 Å². The van der Waals surface area contributed by atoms with Gasteiger partial charge in [0.25, 0.3) is 0 Å². The fraction of sp³-hybridized carbons (Fsp3) is 0.556. The van der Waals surface area contributed by atoms with Crippen LogP contribution in [0.15, 0.2) is 29.3 Å². The average molecular weight is 362 g/mol. The van der Waals surface area contributed by atoms with Crippen molar-refractivity contribution in [3.8, 4) is 0 Å². The standard InChI is InChI=1S/C18H27N5OS/c1-2-19-17(22-13-7-9-14(24)10-8-13)20-11-12-21-18-23-15-5-3-4-6-16(15)25-18/h3-6,13-14,24H,2,7-12H2,1H3,(H,21,23)(H2,19,20,22). The molecule has 0 aliphatic heterocycles. The number of fused-ring (bicyclic) bond motifs is 1. The molecule has 1 saturated carbocycles. The number of aliphatic hydroxyl groups excluding tert-OH is 1. The second-order valence-electron chi connectivity index (χ2n) is 6.32. The minimum atomic E-state index is -0.129. The molecule has 1 aliphatic carbocycles. The van der Waals surface area contributed by atoms with Gasteiger partial charge in [0.2, 0.25) is 0 Å². The van der Waals surface area contributed by atoms with Gasteiger partial charge in [0, 0.05) is 19.1 Å². The summed E-state index contributed by atoms with van der Waals surface area (Å²) < 4.78 is 1.20. The van der Waals surface area contributed by atoms with Crippen LogP contribution < -0.4 is 16.0 Å². The molecular formula is C18H27N5OS. The molecule has 1 fully saturated rings. The zero-order valence-corrected chi connectivity index (χ0v) is 15.5. The Kier molecular flexibility index (Phi) is 6.47. The van der Waals surface area contributed by atoms with Gasteiger partial charge in [0.1, 0.15) is 0 Å². The van der Waals surface area contributed by atoms with Gasteiger partial charge in [-0.25, -0.2) is 4.98 Å². The van der Waals surface area contributed by atoms with Crippen molar-refractivity contribution in [2.45, 2.75) is 44.8 Å². The molecule has 3 rings (SSSR count). The van der Waals surface area contributed by atoms with Gasteiger partial charge in [-0.1, -0.05) is 23.5 Å². The summed E-state index contributed by atoms with van der Waals surface area (Å²) in [5.74, 6) is 0.856. The molecule has 7 heteroatoms. The van der Waals surface area contributed by atoms with Crippen LogP contribution in [0, 0.1) is 0 Å². The van der Waals surface area contributed by atoms with Crippen LogP contribution in [0.3, 0.4) is 0 Å². The number of para-hydroxylation sites is 1. The summed E-state index contributed by atoms with van der Waals surface area (Å²) in [7, 11) is 0. The molecular weight excluding hydrogens is 334 g/mol. The molecule has 4 N–H and O–H groups in total. The maximum atomic E-state index is 9.61. The normalized spacial score (nSPS) is 21.3. The van der Waals surface area contributed by atoms with Crippen molar-refractivity contribution in [1.29, 1.82) is 0 Å². The van der Waals surface area contributed by atoms with Gasteiger partial charge < -0.3 is 21.1 Å². The van der Waals surface area contributed by atoms with Crippen LogP contribution in [-0.2, 0) is 0 Å². The number of guanidine groups is 1. The number of thiazole rings is 1. The highest BCUT2D eigenvalue weighted by atomic mass is 32.1. The van der Waals surface area contributed by atoms with Gasteiger partial charge in [-0.3, -0.25) is 4.99 Å². The first kappa shape index (κ1) is 17.9. The summed E-state index contributed by atoms with van der Waals surface area (Å²) in [5, 5.41) is 20.7. The van der Waals surface area contributed by atoms with Crippen LogP contribution in [0.25, 0.3) is 10.2 Å². The van der Waals surface area contributed by atoms with Crippen LogP contribution in [0.5, 0.6) is 0 Å². The van der Waals surface area contributed by atoms with Crippen molar-refractivity contribution in [3.63, 3.8) is 0 Å². The number of nitrogens with zero attached hydrogens (tertiary/aromatic N) is 2. The minimum Gasteiger partial charge on any atom is -0.393 e. The lowest BCUT2D eigenvalue weighted by Gasteiger charge is -2.27. The predicted molar refractivity (Wildman–Crippen MR) is 105 cm³/mol. The van der Waals surface area contributed by atoms with Gasteiger partial charge in [0.05, 0.1) is 22.9 Å². The summed E-state index contributed by atoms with van der Waals surface area (Å²) in [6.45, 7) is 4.34. The van der Waals surface area contributed by atoms with Gasteiger partial charge in [-0.15, -0.1) is 0 Å². The zero-order valence-electron chi connectivity index (χ0n) is 14.7. The lowest BCUT2D eigenvalue weighted by molar-refractivity contribution is 0.120. The van der Waals surface area contributed by atoms with Crippen molar-refractivity contribution >= 4 is 32.6 Å². The second-order valence-corrected chi connectivity index (χ2v) is 7.35. The monoisotopic (exact) mass is 361 g/mol. The number of hydrogen-bond acceptors (Lipinski definition) is 5. The van der Waals surface area contributed by atoms with Crippen LogP contribution in [0.1, 0.15) is 32.6 Å². The van der Waals surface area contributed by atoms with Crippen LogP contribution in [0.2, 0.25) is 0 Å². The molecule has 136 valence electrons. The molecule has 0 amide bonds. The largest absolute Gasteiger partial charge is 0.393 e. The third kappa shape index (κ3) is 5.31. The Bertz CT molecular complexity index is 661. The maximum Gasteiger partial charge on any atom is 0.191 e. The highest BCUT2D eigenvalue weighted by Gasteiger charge is 2.19. The van der Waals surface area contributed by atoms with E-state index in [1.807, 2.05) is 18.2 Å². The molecule has 6 nitrogen and oxygen atoms in total. The number of aromatic nitrogens is 1. The smallest absolute Gasteiger partial charge is 0.191 e. The highest BCUT2D eigenvalue weighted by Crippen LogP contribution is 2.25. The van der Waals surface area contributed by atoms with Gasteiger partial charge in [0.15, 0.2) is 11.1 Å². The Labute approximate surface area is 152 Å². The molecule has 1 heterocycles. The lowest BCUT2D eigenvalue weighted by atomic mass is 9.93. The van der Waals surface area contributed by atoms with Crippen LogP contribution in [0.4, 0.5) is 5.13 Å². The fourth-order valence-electron chi connectivity index (χ4n) is 3.01. The SMILES string of the molecule is CCNC(=NCCNc1nc2ccccc2s1)NC1CCC(O)CC1. The van der Waals surface area contributed by atoms with Gasteiger partial charge in [-0.05, 0) is 44.7 Å². The lowest BCUT2D eigenvalue weighted by Crippen LogP contribution is -2.45. The minimum absolute atomic E-state index is 0.129. The summed E-state index contributed by atoms with van der Waals surface area (Å²) >= 11 is 1.67. The molecule has 0 radical (unpaired) electrons. The molecule has 2 aromatic rings. The van der Waals surface area contributed by atoms with Crippen LogP contribution in [-0.4, -0.2) is 47.8 Å². The highest BCUT2D eigenvalue weighted by molar-refractivity contribution is 7.22. The molecule has 0 unspecified atom stereocenters. The van der Waals surface area contributed by atoms with Crippen molar-refractivity contribution in [3.05, 3.63) is 24.3 Å². The zero-order chi connectivity index (χ0) is 17.5. The van der Waals surface area contributed by atoms with E-state index in [0.29, 0.717) is 12.6 Å². The molecule has 1 aromatic heterocycles. The van der Waals surface area contributed by atoms with E-state index in [2.05, 4.69) is 38.9 Å². The first-order valence-corrected chi connectivity index (χ1v) is 9.88. The van der Waals surface area contributed by atoms with Crippen molar-refractivity contribution < 1.29 is 5.11 Å². The maximum absolute atomic E-state index is 9.61. The number of aliphatic imine (C=N–C) groups is 1. The summed E-state index contributed by atoms with van der Waals surface area (Å²) in [5.41, 5.74) is 1.04. The first-order valence-electron chi connectivity index (χ1n) is 9.07. The van der Waals surface area contributed by atoms with E-state index in [4.69, 9.17) is 0 Å². The third-order valence-electron chi connectivity index (χ3n) is 4.33. The van der Waals surface area contributed by atoms with E-state index in [0.717, 1.165) is 55.4 Å². The summed E-state index contributed by atoms with van der Waals surface area (Å²) in [4.78, 5) is 9.21. The fourth-order valence-corrected chi connectivity index (χ4v) is 3.90. The summed E-state index contributed by atoms with van der Waals surface area (Å²) in [6.07, 6.45) is 3.60. The average Bonchev–Trinajstić information content (AvgIpc) is 3.03. The molecule has 0 atom stereocenters. The summed E-state index contributed by atoms with van der Waals surface area (Å²) in [6, 6.07) is 8.56. The molecule has 0 bridgehead atoms. The number of rotatable bonds is 6. The Morgan fingerprint density at radius 2 is 2.08 bits per heavy atom. The van der Waals surface area contributed by atoms with E-state index in [1.54, 1.807) is 11.3 Å². The van der Waals surface area contributed by atoms with Crippen molar-refractivity contribution in [2.24, 2.45) is 4.99 Å². The number of hydrogen-bond donors (Lipinski definition) is 4. The third-order valence-corrected chi connectivity index (χ3v) is 5.33. The Hall–Kier alpha value is -1.86. The molecule has 0 saturated heterocycles. The number of nitrogens with one attached hydrogen (secondary N) is 3. The number of anilines is 1. The van der Waals surface area contributed by atoms with Crippen molar-refractivity contribution in [1.82, 2.24) is 15.6 Å². The quantitative estimate of drug-likeness (QED) is 0.361. The van der Waals surface area contributed by atoms with E-state index in [1.165, 1.54) is 4.70 Å². The predicted octanol–water partition coefficient (Wildman–Crippen LogP) is 2.57. The molecule has 1 aromatic carbocycles. The molecule has 0 spiro atoms. The Morgan fingerprint density at radius 3 is 2.84 bits per heavy atom. The Morgan fingerprint density at radius 1 is 1.28 bits per heavy atom. The molecule has 25 heavy (non-hydrogen) atoms. The van der Waals surface area contributed by atoms with E-state index < -0.39 is 0 Å².